The summed E-state index contributed by atoms with van der Waals surface area (Å²) < 4.78 is 6.10. The third-order valence-corrected chi connectivity index (χ3v) is 7.06. The lowest BCUT2D eigenvalue weighted by atomic mass is 9.77. The van der Waals surface area contributed by atoms with E-state index in [9.17, 15) is 14.4 Å². The minimum atomic E-state index is -0.768. The number of benzene rings is 2. The van der Waals surface area contributed by atoms with Crippen LogP contribution in [0.5, 0.6) is 0 Å². The molecule has 190 valence electrons. The zero-order valence-electron chi connectivity index (χ0n) is 20.4. The molecule has 0 radical (unpaired) electrons. The van der Waals surface area contributed by atoms with Crippen molar-refractivity contribution in [2.75, 3.05) is 11.9 Å². The molecule has 0 spiro atoms. The molecule has 2 aliphatic heterocycles. The Balaban J connectivity index is 1.20. The van der Waals surface area contributed by atoms with Gasteiger partial charge in [0.25, 0.3) is 0 Å². The van der Waals surface area contributed by atoms with Crippen LogP contribution in [0, 0.1) is 11.8 Å². The van der Waals surface area contributed by atoms with E-state index < -0.39 is 5.97 Å². The summed E-state index contributed by atoms with van der Waals surface area (Å²) in [4.78, 5) is 35.5. The van der Waals surface area contributed by atoms with Crippen molar-refractivity contribution in [3.63, 3.8) is 0 Å². The molecule has 2 bridgehead atoms. The number of carboxylic acids is 1. The summed E-state index contributed by atoms with van der Waals surface area (Å²) in [5, 5.41) is 14.5. The van der Waals surface area contributed by atoms with Gasteiger partial charge in [0.05, 0.1) is 12.2 Å². The van der Waals surface area contributed by atoms with Gasteiger partial charge in [-0.3, -0.25) is 14.4 Å². The van der Waals surface area contributed by atoms with E-state index >= 15 is 0 Å². The second-order valence-electron chi connectivity index (χ2n) is 9.58. The maximum Gasteiger partial charge on any atom is 0.303 e. The molecule has 2 amide bonds. The number of nitrogens with one attached hydrogen (secondary N) is 2. The van der Waals surface area contributed by atoms with E-state index in [1.165, 1.54) is 0 Å². The van der Waals surface area contributed by atoms with E-state index in [0.29, 0.717) is 24.6 Å². The first kappa shape index (κ1) is 25.6. The third-order valence-electron chi connectivity index (χ3n) is 7.06. The molecule has 0 aliphatic carbocycles. The van der Waals surface area contributed by atoms with Gasteiger partial charge in [-0.05, 0) is 61.3 Å². The predicted molar refractivity (Wildman–Crippen MR) is 138 cm³/mol. The second-order valence-corrected chi connectivity index (χ2v) is 9.58. The fraction of sp³-hybridized carbons (Fsp3) is 0.414. The molecule has 2 saturated heterocycles. The van der Waals surface area contributed by atoms with Gasteiger partial charge in [-0.15, -0.1) is 0 Å². The molecule has 0 unspecified atom stereocenters. The molecule has 7 heteroatoms. The van der Waals surface area contributed by atoms with Crippen molar-refractivity contribution in [2.24, 2.45) is 11.8 Å². The highest BCUT2D eigenvalue weighted by Crippen LogP contribution is 2.44. The van der Waals surface area contributed by atoms with Gasteiger partial charge in [0.1, 0.15) is 6.42 Å². The minimum Gasteiger partial charge on any atom is -0.481 e. The molecule has 4 rings (SSSR count). The highest BCUT2D eigenvalue weighted by atomic mass is 16.5. The lowest BCUT2D eigenvalue weighted by Crippen LogP contribution is -2.39. The standard InChI is InChI=1S/C29H34N2O5/c32-27(18-28(33)31-22-14-12-21(13-15-22)20-8-4-3-5-9-20)30-19-24-23(25-16-17-26(24)36-25)10-6-1-2-7-11-29(34)35/h1,3-6,8-9,12-15,23-26H,2,7,10-11,16-19H2,(H,30,32)(H,31,33)(H,34,35)/b6-1-/t23-,24+,25-,26+/m1/s1. The van der Waals surface area contributed by atoms with Crippen molar-refractivity contribution in [1.29, 1.82) is 0 Å². The molecule has 0 saturated carbocycles. The minimum absolute atomic E-state index is 0.151. The van der Waals surface area contributed by atoms with E-state index in [0.717, 1.165) is 36.8 Å². The van der Waals surface area contributed by atoms with Crippen molar-refractivity contribution in [3.8, 4) is 11.1 Å². The molecule has 7 nitrogen and oxygen atoms in total. The van der Waals surface area contributed by atoms with Gasteiger partial charge in [-0.25, -0.2) is 0 Å². The smallest absolute Gasteiger partial charge is 0.303 e. The average Bonchev–Trinajstić information content (AvgIpc) is 3.47. The molecule has 4 atom stereocenters. The van der Waals surface area contributed by atoms with Gasteiger partial charge in [-0.1, -0.05) is 54.6 Å². The van der Waals surface area contributed by atoms with E-state index in [2.05, 4.69) is 16.7 Å². The Morgan fingerprint density at radius 1 is 0.889 bits per heavy atom. The Morgan fingerprint density at radius 3 is 2.31 bits per heavy atom. The van der Waals surface area contributed by atoms with E-state index in [1.54, 1.807) is 0 Å². The van der Waals surface area contributed by atoms with Crippen molar-refractivity contribution in [1.82, 2.24) is 5.32 Å². The Kier molecular flexibility index (Phi) is 8.90. The number of hydrogen-bond donors (Lipinski definition) is 3. The number of unbranched alkanes of at least 4 members (excludes halogenated alkanes) is 1. The van der Waals surface area contributed by atoms with Crippen LogP contribution in [0.25, 0.3) is 11.1 Å². The van der Waals surface area contributed by atoms with Crippen molar-refractivity contribution >= 4 is 23.5 Å². The number of anilines is 1. The number of rotatable bonds is 12. The normalized spacial score (nSPS) is 22.6. The topological polar surface area (TPSA) is 105 Å². The number of allylic oxidation sites excluding steroid dienone is 2. The lowest BCUT2D eigenvalue weighted by Gasteiger charge is -2.27. The quantitative estimate of drug-likeness (QED) is 0.225. The van der Waals surface area contributed by atoms with Crippen molar-refractivity contribution < 1.29 is 24.2 Å². The van der Waals surface area contributed by atoms with Gasteiger partial charge >= 0.3 is 5.97 Å². The first-order chi connectivity index (χ1) is 17.5. The van der Waals surface area contributed by atoms with E-state index in [1.807, 2.05) is 60.7 Å². The van der Waals surface area contributed by atoms with Gasteiger partial charge in [0, 0.05) is 24.6 Å². The summed E-state index contributed by atoms with van der Waals surface area (Å²) in [6.45, 7) is 0.497. The van der Waals surface area contributed by atoms with Crippen LogP contribution in [0.2, 0.25) is 0 Å². The largest absolute Gasteiger partial charge is 0.481 e. The molecular formula is C29H34N2O5. The van der Waals surface area contributed by atoms with Crippen molar-refractivity contribution in [3.05, 3.63) is 66.7 Å². The van der Waals surface area contributed by atoms with Crippen LogP contribution < -0.4 is 10.6 Å². The summed E-state index contributed by atoms with van der Waals surface area (Å²) in [5.41, 5.74) is 2.82. The number of carbonyl (C=O) groups excluding carboxylic acids is 2. The first-order valence-electron chi connectivity index (χ1n) is 12.7. The Hall–Kier alpha value is -3.45. The number of carboxylic acid groups (broad SMARTS) is 1. The van der Waals surface area contributed by atoms with Crippen LogP contribution in [0.3, 0.4) is 0 Å². The number of amides is 2. The molecule has 2 aromatic rings. The highest BCUT2D eigenvalue weighted by molar-refractivity contribution is 6.03. The maximum absolute atomic E-state index is 12.5. The number of carbonyl (C=O) groups is 3. The van der Waals surface area contributed by atoms with Crippen LogP contribution >= 0.6 is 0 Å². The zero-order valence-corrected chi connectivity index (χ0v) is 20.4. The van der Waals surface area contributed by atoms with Gasteiger partial charge in [-0.2, -0.15) is 0 Å². The third kappa shape index (κ3) is 7.04. The summed E-state index contributed by atoms with van der Waals surface area (Å²) in [5.74, 6) is -0.846. The average molecular weight is 491 g/mol. The SMILES string of the molecule is O=C(O)CCC/C=C\C[C@@H]1[C@H](CNC(=O)CC(=O)Nc2ccc(-c3ccccc3)cc2)[C@@H]2CC[C@H]1O2. The number of fused-ring (bicyclic) bond motifs is 2. The fourth-order valence-corrected chi connectivity index (χ4v) is 5.24. The van der Waals surface area contributed by atoms with Crippen molar-refractivity contribution in [2.45, 2.75) is 57.2 Å². The number of ether oxygens (including phenoxy) is 1. The van der Waals surface area contributed by atoms with Crippen LogP contribution in [-0.2, 0) is 19.1 Å². The van der Waals surface area contributed by atoms with Gasteiger partial charge in [0.2, 0.25) is 11.8 Å². The fourth-order valence-electron chi connectivity index (χ4n) is 5.24. The Labute approximate surface area is 211 Å². The Morgan fingerprint density at radius 2 is 1.58 bits per heavy atom. The summed E-state index contributed by atoms with van der Waals surface area (Å²) in [6, 6.07) is 17.6. The summed E-state index contributed by atoms with van der Waals surface area (Å²) >= 11 is 0. The molecular weight excluding hydrogens is 456 g/mol. The zero-order chi connectivity index (χ0) is 25.3. The number of aliphatic carboxylic acids is 1. The molecule has 2 fully saturated rings. The lowest BCUT2D eigenvalue weighted by molar-refractivity contribution is -0.137. The van der Waals surface area contributed by atoms with E-state index in [4.69, 9.17) is 9.84 Å². The highest BCUT2D eigenvalue weighted by Gasteiger charge is 2.48. The number of hydrogen-bond acceptors (Lipinski definition) is 4. The van der Waals surface area contributed by atoms with Crippen LogP contribution in [0.15, 0.2) is 66.7 Å². The Bertz CT molecular complexity index is 1070. The molecule has 36 heavy (non-hydrogen) atoms. The maximum atomic E-state index is 12.5. The van der Waals surface area contributed by atoms with Crippen LogP contribution in [0.4, 0.5) is 5.69 Å². The molecule has 2 aromatic carbocycles. The van der Waals surface area contributed by atoms with Crippen LogP contribution in [0.1, 0.15) is 44.9 Å². The van der Waals surface area contributed by atoms with E-state index in [-0.39, 0.29) is 42.8 Å². The molecule has 2 heterocycles. The molecule has 3 N–H and O–H groups in total. The van der Waals surface area contributed by atoms with Gasteiger partial charge in [0.15, 0.2) is 0 Å². The first-order valence-corrected chi connectivity index (χ1v) is 12.7. The predicted octanol–water partition coefficient (Wildman–Crippen LogP) is 4.79. The summed E-state index contributed by atoms with van der Waals surface area (Å²) in [7, 11) is 0. The second kappa shape index (κ2) is 12.5. The molecule has 2 aliphatic rings. The monoisotopic (exact) mass is 490 g/mol. The van der Waals surface area contributed by atoms with Crippen LogP contribution in [-0.4, -0.2) is 41.6 Å². The summed E-state index contributed by atoms with van der Waals surface area (Å²) in [6.07, 6.45) is 8.76. The molecule has 0 aromatic heterocycles. The van der Waals surface area contributed by atoms with Gasteiger partial charge < -0.3 is 20.5 Å².